The molecule has 5 heteroatoms. The fraction of sp³-hybridized carbons (Fsp3) is 0.385. The van der Waals surface area contributed by atoms with Crippen molar-refractivity contribution in [3.05, 3.63) is 52.2 Å². The van der Waals surface area contributed by atoms with E-state index in [9.17, 15) is 4.79 Å². The maximum atomic E-state index is 11.8. The van der Waals surface area contributed by atoms with Gasteiger partial charge in [0.15, 0.2) is 5.82 Å². The van der Waals surface area contributed by atoms with Crippen LogP contribution in [0, 0.1) is 0 Å². The highest BCUT2D eigenvalue weighted by atomic mass is 16.1. The zero-order valence-corrected chi connectivity index (χ0v) is 10.1. The van der Waals surface area contributed by atoms with Crippen LogP contribution in [-0.2, 0) is 6.54 Å². The summed E-state index contributed by atoms with van der Waals surface area (Å²) in [6.07, 6.45) is 2.18. The van der Waals surface area contributed by atoms with Gasteiger partial charge in [0.05, 0.1) is 12.6 Å². The van der Waals surface area contributed by atoms with Crippen LogP contribution < -0.4 is 11.0 Å². The molecule has 1 saturated heterocycles. The minimum absolute atomic E-state index is 0.137. The summed E-state index contributed by atoms with van der Waals surface area (Å²) in [4.78, 5) is 11.8. The van der Waals surface area contributed by atoms with E-state index in [0.717, 1.165) is 30.8 Å². The lowest BCUT2D eigenvalue weighted by Crippen LogP contribution is -2.24. The fourth-order valence-corrected chi connectivity index (χ4v) is 2.42. The van der Waals surface area contributed by atoms with E-state index < -0.39 is 0 Å². The Balaban J connectivity index is 1.91. The second-order valence-electron chi connectivity index (χ2n) is 4.61. The molecule has 1 unspecified atom stereocenters. The highest BCUT2D eigenvalue weighted by Crippen LogP contribution is 2.20. The molecule has 94 valence electrons. The van der Waals surface area contributed by atoms with Crippen LogP contribution in [0.15, 0.2) is 35.1 Å². The molecule has 18 heavy (non-hydrogen) atoms. The van der Waals surface area contributed by atoms with E-state index in [1.165, 1.54) is 0 Å². The Kier molecular flexibility index (Phi) is 2.98. The summed E-state index contributed by atoms with van der Waals surface area (Å²) >= 11 is 0. The molecule has 3 rings (SSSR count). The number of nitrogens with one attached hydrogen (secondary N) is 2. The van der Waals surface area contributed by atoms with E-state index in [-0.39, 0.29) is 11.7 Å². The summed E-state index contributed by atoms with van der Waals surface area (Å²) in [5.41, 5.74) is 0.975. The van der Waals surface area contributed by atoms with Crippen molar-refractivity contribution < 1.29 is 0 Å². The quantitative estimate of drug-likeness (QED) is 0.848. The van der Waals surface area contributed by atoms with Gasteiger partial charge in [0.1, 0.15) is 0 Å². The number of aromatic amines is 1. The molecule has 1 aromatic heterocycles. The van der Waals surface area contributed by atoms with Gasteiger partial charge in [0.25, 0.3) is 0 Å². The largest absolute Gasteiger partial charge is 0.343 e. The zero-order valence-electron chi connectivity index (χ0n) is 10.1. The summed E-state index contributed by atoms with van der Waals surface area (Å²) in [6, 6.07) is 10.2. The van der Waals surface area contributed by atoms with Crippen LogP contribution in [0.3, 0.4) is 0 Å². The second kappa shape index (κ2) is 4.78. The third kappa shape index (κ3) is 2.09. The molecule has 2 heterocycles. The van der Waals surface area contributed by atoms with E-state index in [4.69, 9.17) is 0 Å². The Bertz CT molecular complexity index is 566. The van der Waals surface area contributed by atoms with Gasteiger partial charge in [0.2, 0.25) is 0 Å². The molecule has 0 amide bonds. The lowest BCUT2D eigenvalue weighted by atomic mass is 10.2. The van der Waals surface area contributed by atoms with Crippen LogP contribution in [-0.4, -0.2) is 21.3 Å². The molecule has 1 aromatic carbocycles. The summed E-state index contributed by atoms with van der Waals surface area (Å²) < 4.78 is 1.72. The molecule has 1 aliphatic heterocycles. The molecule has 1 aliphatic rings. The lowest BCUT2D eigenvalue weighted by Gasteiger charge is -2.11. The van der Waals surface area contributed by atoms with E-state index >= 15 is 0 Å². The van der Waals surface area contributed by atoms with E-state index in [1.54, 1.807) is 4.57 Å². The van der Waals surface area contributed by atoms with Gasteiger partial charge in [-0.3, -0.25) is 4.57 Å². The smallest absolute Gasteiger partial charge is 0.307 e. The molecule has 0 spiro atoms. The topological polar surface area (TPSA) is 62.7 Å². The number of aromatic nitrogens is 3. The third-order valence-electron chi connectivity index (χ3n) is 3.34. The Labute approximate surface area is 105 Å². The number of hydrogen-bond donors (Lipinski definition) is 2. The predicted molar refractivity (Wildman–Crippen MR) is 68.4 cm³/mol. The van der Waals surface area contributed by atoms with Crippen LogP contribution in [0.2, 0.25) is 0 Å². The third-order valence-corrected chi connectivity index (χ3v) is 3.34. The molecule has 2 aromatic rings. The minimum atomic E-state index is -0.137. The molecule has 1 atom stereocenters. The van der Waals surface area contributed by atoms with Crippen LogP contribution >= 0.6 is 0 Å². The average Bonchev–Trinajstić information content (AvgIpc) is 3.02. The van der Waals surface area contributed by atoms with Crippen molar-refractivity contribution in [1.29, 1.82) is 0 Å². The maximum absolute atomic E-state index is 11.8. The fourth-order valence-electron chi connectivity index (χ4n) is 2.42. The van der Waals surface area contributed by atoms with Gasteiger partial charge >= 0.3 is 5.69 Å². The predicted octanol–water partition coefficient (Wildman–Crippen LogP) is 1.04. The van der Waals surface area contributed by atoms with E-state index in [1.807, 2.05) is 30.3 Å². The lowest BCUT2D eigenvalue weighted by molar-refractivity contribution is 0.559. The number of hydrogen-bond acceptors (Lipinski definition) is 3. The molecular formula is C13H16N4O. The van der Waals surface area contributed by atoms with Crippen LogP contribution in [0.25, 0.3) is 0 Å². The van der Waals surface area contributed by atoms with Gasteiger partial charge in [-0.05, 0) is 24.9 Å². The summed E-state index contributed by atoms with van der Waals surface area (Å²) in [5, 5.41) is 10.1. The summed E-state index contributed by atoms with van der Waals surface area (Å²) in [5.74, 6) is 0.821. The molecule has 0 bridgehead atoms. The minimum Gasteiger partial charge on any atom is -0.307 e. The number of rotatable bonds is 3. The van der Waals surface area contributed by atoms with Crippen molar-refractivity contribution in [3.63, 3.8) is 0 Å². The second-order valence-corrected chi connectivity index (χ2v) is 4.61. The monoisotopic (exact) mass is 244 g/mol. The first-order valence-electron chi connectivity index (χ1n) is 6.27. The normalized spacial score (nSPS) is 19.2. The van der Waals surface area contributed by atoms with Gasteiger partial charge in [0, 0.05) is 0 Å². The van der Waals surface area contributed by atoms with Crippen LogP contribution in [0.5, 0.6) is 0 Å². The Morgan fingerprint density at radius 1 is 1.33 bits per heavy atom. The molecule has 5 nitrogen and oxygen atoms in total. The van der Waals surface area contributed by atoms with Crippen LogP contribution in [0.1, 0.15) is 30.3 Å². The van der Waals surface area contributed by atoms with Crippen molar-refractivity contribution in [3.8, 4) is 0 Å². The van der Waals surface area contributed by atoms with Crippen molar-refractivity contribution >= 4 is 0 Å². The molecule has 0 aliphatic carbocycles. The van der Waals surface area contributed by atoms with Gasteiger partial charge in [-0.15, -0.1) is 0 Å². The number of benzene rings is 1. The summed E-state index contributed by atoms with van der Waals surface area (Å²) in [6.45, 7) is 1.57. The van der Waals surface area contributed by atoms with Crippen molar-refractivity contribution in [1.82, 2.24) is 20.1 Å². The number of H-pyrrole nitrogens is 1. The molecule has 0 saturated carbocycles. The highest BCUT2D eigenvalue weighted by molar-refractivity contribution is 5.16. The molecule has 0 radical (unpaired) electrons. The standard InChI is InChI=1S/C13H16N4O/c18-13-16-15-12(11-7-4-8-14-11)17(13)9-10-5-2-1-3-6-10/h1-3,5-6,11,14H,4,7-9H2,(H,16,18). The number of nitrogens with zero attached hydrogens (tertiary/aromatic N) is 2. The molecular weight excluding hydrogens is 228 g/mol. The maximum Gasteiger partial charge on any atom is 0.343 e. The van der Waals surface area contributed by atoms with Crippen molar-refractivity contribution in [2.45, 2.75) is 25.4 Å². The zero-order chi connectivity index (χ0) is 12.4. The van der Waals surface area contributed by atoms with Crippen LogP contribution in [0.4, 0.5) is 0 Å². The molecule has 2 N–H and O–H groups in total. The molecule has 1 fully saturated rings. The first kappa shape index (κ1) is 11.2. The van der Waals surface area contributed by atoms with Crippen molar-refractivity contribution in [2.24, 2.45) is 0 Å². The Morgan fingerprint density at radius 3 is 2.89 bits per heavy atom. The van der Waals surface area contributed by atoms with Crippen molar-refractivity contribution in [2.75, 3.05) is 6.54 Å². The van der Waals surface area contributed by atoms with E-state index in [2.05, 4.69) is 15.5 Å². The van der Waals surface area contributed by atoms with Gasteiger partial charge in [-0.25, -0.2) is 9.89 Å². The van der Waals surface area contributed by atoms with Gasteiger partial charge < -0.3 is 5.32 Å². The first-order valence-corrected chi connectivity index (χ1v) is 6.27. The van der Waals surface area contributed by atoms with E-state index in [0.29, 0.717) is 6.54 Å². The highest BCUT2D eigenvalue weighted by Gasteiger charge is 2.22. The average molecular weight is 244 g/mol. The summed E-state index contributed by atoms with van der Waals surface area (Å²) in [7, 11) is 0. The SMILES string of the molecule is O=c1[nH]nc(C2CCCN2)n1Cc1ccccc1. The Morgan fingerprint density at radius 2 is 2.17 bits per heavy atom. The first-order chi connectivity index (χ1) is 8.84. The van der Waals surface area contributed by atoms with Gasteiger partial charge in [-0.2, -0.15) is 5.10 Å². The van der Waals surface area contributed by atoms with Gasteiger partial charge in [-0.1, -0.05) is 30.3 Å². The Hall–Kier alpha value is -1.88.